The number of rotatable bonds is 1. The van der Waals surface area contributed by atoms with Gasteiger partial charge in [-0.2, -0.15) is 0 Å². The standard InChI is InChI=1S/C21H24N2O3/c1-26-18(25)20-9-8-19-7-4-10-23-12-14(16(24)11-19)21(20,17(19)23)13-5-2-3-6-15(13)22-20/h2-3,5-6,14,17,22H,4,7-12H2,1H3/t14?,17-,19?,20+,21-/m0/s1. The number of fused-ring (bicyclic) bond motifs is 1. The number of anilines is 1. The summed E-state index contributed by atoms with van der Waals surface area (Å²) in [4.78, 5) is 29.2. The number of ether oxygens (including phenoxy) is 1. The number of benzene rings is 1. The smallest absolute Gasteiger partial charge is 0.332 e. The number of Topliss-reactive ketones (excluding diaryl/α,β-unsaturated/α-hetero) is 1. The van der Waals surface area contributed by atoms with E-state index in [4.69, 9.17) is 4.74 Å². The van der Waals surface area contributed by atoms with Crippen LogP contribution in [0.5, 0.6) is 0 Å². The zero-order valence-electron chi connectivity index (χ0n) is 15.1. The molecule has 0 amide bonds. The van der Waals surface area contributed by atoms with E-state index in [1.165, 1.54) is 12.7 Å². The van der Waals surface area contributed by atoms with Crippen LogP contribution in [0.3, 0.4) is 0 Å². The lowest BCUT2D eigenvalue weighted by molar-refractivity contribution is -0.163. The number of ketones is 1. The van der Waals surface area contributed by atoms with Crippen molar-refractivity contribution in [2.24, 2.45) is 11.3 Å². The largest absolute Gasteiger partial charge is 0.467 e. The summed E-state index contributed by atoms with van der Waals surface area (Å²) in [6.07, 6.45) is 4.63. The molecule has 5 nitrogen and oxygen atoms in total. The van der Waals surface area contributed by atoms with E-state index < -0.39 is 11.0 Å². The highest BCUT2D eigenvalue weighted by atomic mass is 16.5. The van der Waals surface area contributed by atoms with Crippen LogP contribution in [0.25, 0.3) is 0 Å². The molecule has 4 fully saturated rings. The molecule has 1 N–H and O–H groups in total. The summed E-state index contributed by atoms with van der Waals surface area (Å²) in [6.45, 7) is 1.83. The molecule has 2 unspecified atom stereocenters. The third kappa shape index (κ3) is 1.33. The van der Waals surface area contributed by atoms with Gasteiger partial charge in [-0.3, -0.25) is 9.69 Å². The van der Waals surface area contributed by atoms with Crippen molar-refractivity contribution < 1.29 is 14.3 Å². The second-order valence-electron chi connectivity index (χ2n) is 9.00. The summed E-state index contributed by atoms with van der Waals surface area (Å²) < 4.78 is 5.36. The average Bonchev–Trinajstić information content (AvgIpc) is 3.14. The predicted molar refractivity (Wildman–Crippen MR) is 95.9 cm³/mol. The lowest BCUT2D eigenvalue weighted by Crippen LogP contribution is -2.75. The second-order valence-corrected chi connectivity index (χ2v) is 9.00. The topological polar surface area (TPSA) is 58.6 Å². The predicted octanol–water partition coefficient (Wildman–Crippen LogP) is 2.11. The first-order valence-corrected chi connectivity index (χ1v) is 9.82. The Hall–Kier alpha value is -1.88. The van der Waals surface area contributed by atoms with Crippen molar-refractivity contribution in [2.45, 2.75) is 49.1 Å². The van der Waals surface area contributed by atoms with Crippen LogP contribution in [0.15, 0.2) is 24.3 Å². The van der Waals surface area contributed by atoms with Gasteiger partial charge in [0.25, 0.3) is 0 Å². The Labute approximate surface area is 153 Å². The highest BCUT2D eigenvalue weighted by molar-refractivity contribution is 5.98. The molecule has 0 radical (unpaired) electrons. The summed E-state index contributed by atoms with van der Waals surface area (Å²) in [6, 6.07) is 8.52. The summed E-state index contributed by atoms with van der Waals surface area (Å²) in [7, 11) is 1.48. The Kier molecular flexibility index (Phi) is 2.63. The van der Waals surface area contributed by atoms with Crippen LogP contribution in [0, 0.1) is 11.3 Å². The SMILES string of the molecule is COC(=O)[C@]12CCC34CCCN5CC(C(=O)C3)[C@@]1(c1ccccc1N2)[C@@H]54. The Morgan fingerprint density at radius 2 is 2.12 bits per heavy atom. The summed E-state index contributed by atoms with van der Waals surface area (Å²) in [5.74, 6) is 0.0424. The Bertz CT molecular complexity index is 853. The molecule has 5 aliphatic rings. The Morgan fingerprint density at radius 3 is 2.96 bits per heavy atom. The average molecular weight is 352 g/mol. The highest BCUT2D eigenvalue weighted by Gasteiger charge is 2.81. The van der Waals surface area contributed by atoms with Gasteiger partial charge in [0, 0.05) is 30.6 Å². The quantitative estimate of drug-likeness (QED) is 0.785. The van der Waals surface area contributed by atoms with Gasteiger partial charge in [-0.25, -0.2) is 4.79 Å². The molecule has 6 rings (SSSR count). The Morgan fingerprint density at radius 1 is 1.27 bits per heavy atom. The number of para-hydroxylation sites is 1. The lowest BCUT2D eigenvalue weighted by Gasteiger charge is -2.63. The van der Waals surface area contributed by atoms with Crippen molar-refractivity contribution in [1.29, 1.82) is 0 Å². The van der Waals surface area contributed by atoms with Gasteiger partial charge >= 0.3 is 5.97 Å². The molecule has 0 aromatic heterocycles. The van der Waals surface area contributed by atoms with Crippen molar-refractivity contribution in [2.75, 3.05) is 25.5 Å². The summed E-state index contributed by atoms with van der Waals surface area (Å²) in [5, 5.41) is 3.60. The van der Waals surface area contributed by atoms with E-state index in [-0.39, 0.29) is 23.3 Å². The van der Waals surface area contributed by atoms with Gasteiger partial charge in [-0.1, -0.05) is 18.2 Å². The molecule has 3 heterocycles. The number of methoxy groups -OCH3 is 1. The lowest BCUT2D eigenvalue weighted by atomic mass is 9.41. The molecule has 26 heavy (non-hydrogen) atoms. The molecule has 2 saturated carbocycles. The minimum atomic E-state index is -0.813. The van der Waals surface area contributed by atoms with Gasteiger partial charge in [0.1, 0.15) is 11.3 Å². The van der Waals surface area contributed by atoms with E-state index in [0.717, 1.165) is 44.5 Å². The number of hydrogen-bond donors (Lipinski definition) is 1. The van der Waals surface area contributed by atoms with Gasteiger partial charge in [0.05, 0.1) is 12.5 Å². The number of nitrogens with zero attached hydrogens (tertiary/aromatic N) is 1. The molecule has 4 bridgehead atoms. The number of nitrogens with one attached hydrogen (secondary N) is 1. The molecule has 2 saturated heterocycles. The zero-order valence-corrected chi connectivity index (χ0v) is 15.1. The molecule has 5 atom stereocenters. The fourth-order valence-electron chi connectivity index (χ4n) is 7.77. The van der Waals surface area contributed by atoms with Gasteiger partial charge in [0.2, 0.25) is 0 Å². The fourth-order valence-corrected chi connectivity index (χ4v) is 7.77. The van der Waals surface area contributed by atoms with E-state index in [0.29, 0.717) is 12.2 Å². The van der Waals surface area contributed by atoms with E-state index >= 15 is 0 Å². The minimum Gasteiger partial charge on any atom is -0.467 e. The van der Waals surface area contributed by atoms with Gasteiger partial charge < -0.3 is 10.1 Å². The van der Waals surface area contributed by atoms with Crippen molar-refractivity contribution in [1.82, 2.24) is 4.90 Å². The third-order valence-corrected chi connectivity index (χ3v) is 8.34. The van der Waals surface area contributed by atoms with Gasteiger partial charge in [0.15, 0.2) is 0 Å². The first-order valence-electron chi connectivity index (χ1n) is 9.82. The molecule has 1 spiro atoms. The van der Waals surface area contributed by atoms with Crippen molar-refractivity contribution in [3.8, 4) is 0 Å². The van der Waals surface area contributed by atoms with Gasteiger partial charge in [-0.15, -0.1) is 0 Å². The monoisotopic (exact) mass is 352 g/mol. The number of carbonyl (C=O) groups is 2. The molecule has 1 aromatic carbocycles. The third-order valence-electron chi connectivity index (χ3n) is 8.34. The maximum atomic E-state index is 13.4. The van der Waals surface area contributed by atoms with Crippen LogP contribution >= 0.6 is 0 Å². The summed E-state index contributed by atoms with van der Waals surface area (Å²) in [5.41, 5.74) is 0.915. The number of esters is 1. The Balaban J connectivity index is 1.71. The second kappa shape index (κ2) is 4.50. The zero-order chi connectivity index (χ0) is 17.7. The van der Waals surface area contributed by atoms with Crippen molar-refractivity contribution in [3.63, 3.8) is 0 Å². The first kappa shape index (κ1) is 15.2. The normalized spacial score (nSPS) is 44.9. The van der Waals surface area contributed by atoms with Crippen molar-refractivity contribution in [3.05, 3.63) is 29.8 Å². The van der Waals surface area contributed by atoms with E-state index in [1.54, 1.807) is 0 Å². The number of carbonyl (C=O) groups excluding carboxylic acids is 2. The maximum Gasteiger partial charge on any atom is 0.332 e. The van der Waals surface area contributed by atoms with E-state index in [1.807, 2.05) is 12.1 Å². The van der Waals surface area contributed by atoms with Crippen molar-refractivity contribution >= 4 is 17.4 Å². The molecule has 2 aliphatic carbocycles. The summed E-state index contributed by atoms with van der Waals surface area (Å²) >= 11 is 0. The van der Waals surface area contributed by atoms with Gasteiger partial charge in [-0.05, 0) is 49.3 Å². The first-order chi connectivity index (χ1) is 12.6. The minimum absolute atomic E-state index is 0.0268. The number of piperidine rings is 1. The number of hydrogen-bond acceptors (Lipinski definition) is 5. The highest BCUT2D eigenvalue weighted by Crippen LogP contribution is 2.72. The van der Waals surface area contributed by atoms with Crippen LogP contribution in [-0.2, 0) is 19.7 Å². The van der Waals surface area contributed by atoms with Crippen LogP contribution in [-0.4, -0.2) is 48.4 Å². The molecule has 5 heteroatoms. The van der Waals surface area contributed by atoms with E-state index in [2.05, 4.69) is 22.3 Å². The fraction of sp³-hybridized carbons (Fsp3) is 0.619. The van der Waals surface area contributed by atoms with E-state index in [9.17, 15) is 9.59 Å². The molecular weight excluding hydrogens is 328 g/mol. The van der Waals surface area contributed by atoms with Crippen LogP contribution < -0.4 is 5.32 Å². The maximum absolute atomic E-state index is 13.4. The van der Waals surface area contributed by atoms with Crippen LogP contribution in [0.2, 0.25) is 0 Å². The molecule has 3 aliphatic heterocycles. The van der Waals surface area contributed by atoms with Crippen LogP contribution in [0.4, 0.5) is 5.69 Å². The molecule has 136 valence electrons. The molecular formula is C21H24N2O3. The molecule has 1 aromatic rings. The van der Waals surface area contributed by atoms with Crippen LogP contribution in [0.1, 0.15) is 37.7 Å².